The van der Waals surface area contributed by atoms with Gasteiger partial charge in [-0.3, -0.25) is 4.21 Å². The summed E-state index contributed by atoms with van der Waals surface area (Å²) in [6, 6.07) is 9.01. The van der Waals surface area contributed by atoms with Gasteiger partial charge in [0.1, 0.15) is 11.4 Å². The van der Waals surface area contributed by atoms with Crippen molar-refractivity contribution in [3.63, 3.8) is 0 Å². The standard InChI is InChI=1S/C15H18N2O3S/c1-10(21(2)20)7-8-16-14-12(15(18)19)9-11-5-3-4-6-13(11)17-14/h3-6,9-10H,7-8H2,1-2H3,(H,16,17)(H,18,19). The smallest absolute Gasteiger partial charge is 0.339 e. The molecule has 2 aromatic rings. The predicted octanol–water partition coefficient (Wildman–Crippen LogP) is 2.50. The first-order chi connectivity index (χ1) is 9.99. The third-order valence-electron chi connectivity index (χ3n) is 3.36. The molecule has 6 heteroatoms. The zero-order valence-corrected chi connectivity index (χ0v) is 12.8. The van der Waals surface area contributed by atoms with E-state index in [1.807, 2.05) is 31.2 Å². The Morgan fingerprint density at radius 1 is 1.43 bits per heavy atom. The molecule has 0 aliphatic carbocycles. The van der Waals surface area contributed by atoms with Crippen LogP contribution in [0.4, 0.5) is 5.82 Å². The van der Waals surface area contributed by atoms with Crippen LogP contribution in [0.1, 0.15) is 23.7 Å². The highest BCUT2D eigenvalue weighted by atomic mass is 32.2. The Morgan fingerprint density at radius 2 is 2.14 bits per heavy atom. The number of hydrogen-bond donors (Lipinski definition) is 2. The highest BCUT2D eigenvalue weighted by Crippen LogP contribution is 2.20. The molecule has 2 rings (SSSR count). The fourth-order valence-electron chi connectivity index (χ4n) is 1.97. The molecule has 1 aromatic carbocycles. The van der Waals surface area contributed by atoms with E-state index in [1.165, 1.54) is 0 Å². The number of aromatic carboxylic acids is 1. The molecule has 0 saturated heterocycles. The molecule has 112 valence electrons. The van der Waals surface area contributed by atoms with Gasteiger partial charge in [0.25, 0.3) is 0 Å². The molecule has 0 bridgehead atoms. The van der Waals surface area contributed by atoms with E-state index in [9.17, 15) is 14.1 Å². The minimum atomic E-state index is -1.01. The van der Waals surface area contributed by atoms with Crippen molar-refractivity contribution >= 4 is 33.5 Å². The van der Waals surface area contributed by atoms with Gasteiger partial charge in [-0.2, -0.15) is 0 Å². The SMILES string of the molecule is CC(CCNc1nc2ccccc2cc1C(=O)O)S(C)=O. The van der Waals surface area contributed by atoms with Crippen LogP contribution < -0.4 is 5.32 Å². The number of aromatic nitrogens is 1. The summed E-state index contributed by atoms with van der Waals surface area (Å²) >= 11 is 0. The van der Waals surface area contributed by atoms with Crippen LogP contribution in [0.25, 0.3) is 10.9 Å². The lowest BCUT2D eigenvalue weighted by Crippen LogP contribution is -2.16. The topological polar surface area (TPSA) is 79.3 Å². The largest absolute Gasteiger partial charge is 0.478 e. The molecule has 0 spiro atoms. The number of nitrogens with zero attached hydrogens (tertiary/aromatic N) is 1. The molecule has 1 aromatic heterocycles. The van der Waals surface area contributed by atoms with Gasteiger partial charge in [0.15, 0.2) is 0 Å². The van der Waals surface area contributed by atoms with Crippen LogP contribution in [0, 0.1) is 0 Å². The maximum Gasteiger partial charge on any atom is 0.339 e. The fraction of sp³-hybridized carbons (Fsp3) is 0.333. The number of para-hydroxylation sites is 1. The van der Waals surface area contributed by atoms with Crippen LogP contribution in [0.3, 0.4) is 0 Å². The highest BCUT2D eigenvalue weighted by Gasteiger charge is 2.13. The van der Waals surface area contributed by atoms with Gasteiger partial charge < -0.3 is 10.4 Å². The van der Waals surface area contributed by atoms with Gasteiger partial charge in [0.05, 0.1) is 5.52 Å². The van der Waals surface area contributed by atoms with Crippen molar-refractivity contribution in [2.75, 3.05) is 18.1 Å². The Bertz CT molecular complexity index is 688. The molecule has 0 aliphatic rings. The van der Waals surface area contributed by atoms with E-state index >= 15 is 0 Å². The van der Waals surface area contributed by atoms with Crippen LogP contribution >= 0.6 is 0 Å². The molecular formula is C15H18N2O3S. The maximum absolute atomic E-state index is 11.3. The predicted molar refractivity (Wildman–Crippen MR) is 85.3 cm³/mol. The van der Waals surface area contributed by atoms with Crippen molar-refractivity contribution in [3.05, 3.63) is 35.9 Å². The van der Waals surface area contributed by atoms with E-state index in [-0.39, 0.29) is 10.8 Å². The lowest BCUT2D eigenvalue weighted by atomic mass is 10.1. The first kappa shape index (κ1) is 15.4. The zero-order chi connectivity index (χ0) is 15.4. The number of carboxylic acid groups (broad SMARTS) is 1. The van der Waals surface area contributed by atoms with Crippen molar-refractivity contribution in [1.82, 2.24) is 4.98 Å². The molecule has 2 unspecified atom stereocenters. The van der Waals surface area contributed by atoms with Gasteiger partial charge >= 0.3 is 5.97 Å². The number of benzene rings is 1. The van der Waals surface area contributed by atoms with E-state index in [2.05, 4.69) is 10.3 Å². The van der Waals surface area contributed by atoms with Crippen molar-refractivity contribution < 1.29 is 14.1 Å². The molecule has 0 amide bonds. The summed E-state index contributed by atoms with van der Waals surface area (Å²) in [6.45, 7) is 2.44. The average Bonchev–Trinajstić information content (AvgIpc) is 2.46. The first-order valence-electron chi connectivity index (χ1n) is 6.68. The Labute approximate surface area is 125 Å². The molecule has 0 saturated carbocycles. The lowest BCUT2D eigenvalue weighted by molar-refractivity contribution is 0.0697. The highest BCUT2D eigenvalue weighted by molar-refractivity contribution is 7.84. The molecule has 5 nitrogen and oxygen atoms in total. The molecule has 0 radical (unpaired) electrons. The number of pyridine rings is 1. The summed E-state index contributed by atoms with van der Waals surface area (Å²) in [5.41, 5.74) is 0.899. The molecule has 21 heavy (non-hydrogen) atoms. The van der Waals surface area contributed by atoms with E-state index in [1.54, 1.807) is 12.3 Å². The summed E-state index contributed by atoms with van der Waals surface area (Å²) in [5, 5.41) is 13.2. The number of carboxylic acids is 1. The van der Waals surface area contributed by atoms with Crippen LogP contribution in [-0.4, -0.2) is 38.3 Å². The van der Waals surface area contributed by atoms with Crippen LogP contribution in [0.2, 0.25) is 0 Å². The Hall–Kier alpha value is -1.95. The van der Waals surface area contributed by atoms with Gasteiger partial charge in [0, 0.05) is 34.2 Å². The minimum Gasteiger partial charge on any atom is -0.478 e. The second-order valence-corrected chi connectivity index (χ2v) is 6.71. The molecule has 2 atom stereocenters. The van der Waals surface area contributed by atoms with Gasteiger partial charge in [0.2, 0.25) is 0 Å². The number of hydrogen-bond acceptors (Lipinski definition) is 4. The summed E-state index contributed by atoms with van der Waals surface area (Å²) in [4.78, 5) is 15.7. The van der Waals surface area contributed by atoms with Crippen molar-refractivity contribution in [3.8, 4) is 0 Å². The summed E-state index contributed by atoms with van der Waals surface area (Å²) in [5.74, 6) is -0.654. The van der Waals surface area contributed by atoms with Crippen LogP contribution in [0.15, 0.2) is 30.3 Å². The van der Waals surface area contributed by atoms with E-state index in [4.69, 9.17) is 0 Å². The van der Waals surface area contributed by atoms with Crippen molar-refractivity contribution in [2.24, 2.45) is 0 Å². The van der Waals surface area contributed by atoms with Crippen LogP contribution in [-0.2, 0) is 10.8 Å². The average molecular weight is 306 g/mol. The van der Waals surface area contributed by atoms with Crippen molar-refractivity contribution in [2.45, 2.75) is 18.6 Å². The van der Waals surface area contributed by atoms with E-state index < -0.39 is 16.8 Å². The minimum absolute atomic E-state index is 0.0613. The molecule has 1 heterocycles. The summed E-state index contributed by atoms with van der Waals surface area (Å²) in [7, 11) is -0.881. The second kappa shape index (κ2) is 6.67. The van der Waals surface area contributed by atoms with Gasteiger partial charge in [-0.1, -0.05) is 25.1 Å². The number of nitrogens with one attached hydrogen (secondary N) is 1. The first-order valence-corrected chi connectivity index (χ1v) is 8.30. The number of rotatable bonds is 6. The Balaban J connectivity index is 2.23. The molecule has 0 fully saturated rings. The van der Waals surface area contributed by atoms with Crippen molar-refractivity contribution in [1.29, 1.82) is 0 Å². The van der Waals surface area contributed by atoms with Gasteiger partial charge in [-0.25, -0.2) is 9.78 Å². The van der Waals surface area contributed by atoms with Gasteiger partial charge in [-0.05, 0) is 18.6 Å². The Morgan fingerprint density at radius 3 is 2.81 bits per heavy atom. The zero-order valence-electron chi connectivity index (χ0n) is 12.0. The number of carbonyl (C=O) groups is 1. The molecule has 0 aliphatic heterocycles. The van der Waals surface area contributed by atoms with E-state index in [0.717, 1.165) is 10.9 Å². The molecule has 2 N–H and O–H groups in total. The monoisotopic (exact) mass is 306 g/mol. The third-order valence-corrected chi connectivity index (χ3v) is 4.73. The second-order valence-electron chi connectivity index (χ2n) is 4.91. The summed E-state index contributed by atoms with van der Waals surface area (Å²) in [6.07, 6.45) is 2.36. The number of anilines is 1. The summed E-state index contributed by atoms with van der Waals surface area (Å²) < 4.78 is 11.3. The Kier molecular flexibility index (Phi) is 4.90. The quantitative estimate of drug-likeness (QED) is 0.857. The van der Waals surface area contributed by atoms with Crippen LogP contribution in [0.5, 0.6) is 0 Å². The normalized spacial score (nSPS) is 13.8. The van der Waals surface area contributed by atoms with E-state index in [0.29, 0.717) is 18.8 Å². The maximum atomic E-state index is 11.3. The number of fused-ring (bicyclic) bond motifs is 1. The lowest BCUT2D eigenvalue weighted by Gasteiger charge is -2.12. The van der Waals surface area contributed by atoms with Gasteiger partial charge in [-0.15, -0.1) is 0 Å². The third kappa shape index (κ3) is 3.78. The molecular weight excluding hydrogens is 288 g/mol. The fourth-order valence-corrected chi connectivity index (χ4v) is 2.42.